The minimum atomic E-state index is 0.459. The molecule has 0 amide bonds. The molecule has 0 aromatic rings. The first-order valence-electron chi connectivity index (χ1n) is 9.59. The molecule has 6 unspecified atom stereocenters. The van der Waals surface area contributed by atoms with E-state index in [0.717, 1.165) is 29.6 Å². The molecule has 3 rings (SSSR count). The van der Waals surface area contributed by atoms with Gasteiger partial charge in [0.05, 0.1) is 0 Å². The summed E-state index contributed by atoms with van der Waals surface area (Å²) in [4.78, 5) is 2.63. The van der Waals surface area contributed by atoms with Crippen LogP contribution in [0.4, 0.5) is 0 Å². The van der Waals surface area contributed by atoms with E-state index in [9.17, 15) is 0 Å². The molecule has 0 saturated heterocycles. The van der Waals surface area contributed by atoms with Crippen molar-refractivity contribution in [2.75, 3.05) is 20.1 Å². The van der Waals surface area contributed by atoms with Gasteiger partial charge < -0.3 is 10.6 Å². The second-order valence-corrected chi connectivity index (χ2v) is 8.55. The molecule has 0 heterocycles. The van der Waals surface area contributed by atoms with Gasteiger partial charge in [-0.2, -0.15) is 0 Å². The lowest BCUT2D eigenvalue weighted by Crippen LogP contribution is -2.43. The van der Waals surface area contributed by atoms with Gasteiger partial charge in [0.15, 0.2) is 0 Å². The molecule has 2 bridgehead atoms. The molecule has 0 aliphatic heterocycles. The third kappa shape index (κ3) is 3.82. The fraction of sp³-hybridized carbons (Fsp3) is 1.00. The third-order valence-electron chi connectivity index (χ3n) is 6.82. The predicted molar refractivity (Wildman–Crippen MR) is 90.1 cm³/mol. The molecule has 3 saturated carbocycles. The van der Waals surface area contributed by atoms with E-state index in [1.54, 1.807) is 6.42 Å². The highest BCUT2D eigenvalue weighted by molar-refractivity contribution is 4.91. The van der Waals surface area contributed by atoms with Gasteiger partial charge in [-0.1, -0.05) is 26.2 Å². The van der Waals surface area contributed by atoms with E-state index in [1.165, 1.54) is 64.5 Å². The highest BCUT2D eigenvalue weighted by Gasteiger charge is 2.40. The summed E-state index contributed by atoms with van der Waals surface area (Å²) in [6, 6.07) is 0.459. The van der Waals surface area contributed by atoms with Crippen molar-refractivity contribution in [3.05, 3.63) is 0 Å². The van der Waals surface area contributed by atoms with Crippen molar-refractivity contribution in [1.82, 2.24) is 4.90 Å². The largest absolute Gasteiger partial charge is 0.327 e. The Kier molecular flexibility index (Phi) is 5.27. The smallest absolute Gasteiger partial charge is 0.00795 e. The lowest BCUT2D eigenvalue weighted by Gasteiger charge is -2.37. The van der Waals surface area contributed by atoms with E-state index in [1.807, 2.05) is 0 Å². The molecule has 0 aromatic carbocycles. The summed E-state index contributed by atoms with van der Waals surface area (Å²) in [6.07, 6.45) is 12.9. The lowest BCUT2D eigenvalue weighted by molar-refractivity contribution is 0.144. The fourth-order valence-corrected chi connectivity index (χ4v) is 5.74. The molecule has 3 aliphatic rings. The van der Waals surface area contributed by atoms with Gasteiger partial charge in [-0.25, -0.2) is 0 Å². The van der Waals surface area contributed by atoms with Gasteiger partial charge in [-0.3, -0.25) is 0 Å². The fourth-order valence-electron chi connectivity index (χ4n) is 5.74. The third-order valence-corrected chi connectivity index (χ3v) is 6.82. The van der Waals surface area contributed by atoms with Crippen molar-refractivity contribution in [2.24, 2.45) is 35.3 Å². The molecule has 122 valence electrons. The molecule has 3 fully saturated rings. The lowest BCUT2D eigenvalue weighted by atomic mass is 9.76. The Morgan fingerprint density at radius 3 is 2.43 bits per heavy atom. The minimum absolute atomic E-state index is 0.459. The molecular weight excluding hydrogens is 256 g/mol. The van der Waals surface area contributed by atoms with Gasteiger partial charge >= 0.3 is 0 Å². The zero-order valence-electron chi connectivity index (χ0n) is 14.3. The van der Waals surface area contributed by atoms with Gasteiger partial charge in [0.25, 0.3) is 0 Å². The van der Waals surface area contributed by atoms with Crippen LogP contribution in [0.5, 0.6) is 0 Å². The van der Waals surface area contributed by atoms with Crippen LogP contribution in [-0.4, -0.2) is 31.1 Å². The zero-order valence-corrected chi connectivity index (χ0v) is 14.3. The predicted octanol–water partition coefficient (Wildman–Crippen LogP) is 3.90. The van der Waals surface area contributed by atoms with Crippen molar-refractivity contribution < 1.29 is 0 Å². The van der Waals surface area contributed by atoms with Crippen LogP contribution in [-0.2, 0) is 0 Å². The van der Waals surface area contributed by atoms with Crippen molar-refractivity contribution >= 4 is 0 Å². The zero-order chi connectivity index (χ0) is 14.8. The normalized spacial score (nSPS) is 42.9. The molecule has 2 heteroatoms. The molecule has 2 nitrogen and oxygen atoms in total. The molecular formula is C19H36N2. The molecule has 0 aromatic heterocycles. The first-order chi connectivity index (χ1) is 10.2. The van der Waals surface area contributed by atoms with E-state index in [0.29, 0.717) is 6.04 Å². The summed E-state index contributed by atoms with van der Waals surface area (Å²) in [5, 5.41) is 0. The van der Waals surface area contributed by atoms with Crippen molar-refractivity contribution in [1.29, 1.82) is 0 Å². The summed E-state index contributed by atoms with van der Waals surface area (Å²) >= 11 is 0. The van der Waals surface area contributed by atoms with Gasteiger partial charge in [0.2, 0.25) is 0 Å². The Bertz CT molecular complexity index is 330. The van der Waals surface area contributed by atoms with Gasteiger partial charge in [-0.15, -0.1) is 0 Å². The van der Waals surface area contributed by atoms with Crippen LogP contribution in [0, 0.1) is 29.6 Å². The molecule has 0 radical (unpaired) electrons. The highest BCUT2D eigenvalue weighted by Crippen LogP contribution is 2.48. The molecule has 21 heavy (non-hydrogen) atoms. The van der Waals surface area contributed by atoms with E-state index in [4.69, 9.17) is 5.73 Å². The van der Waals surface area contributed by atoms with Crippen LogP contribution in [0.25, 0.3) is 0 Å². The maximum Gasteiger partial charge on any atom is 0.00795 e. The molecule has 2 N–H and O–H groups in total. The number of nitrogens with two attached hydrogens (primary N) is 1. The van der Waals surface area contributed by atoms with Crippen molar-refractivity contribution in [2.45, 2.75) is 70.8 Å². The SMILES string of the molecule is CCCC1CCC(N)C(CN(C)CC2CC3CCC2C3)C1. The van der Waals surface area contributed by atoms with E-state index < -0.39 is 0 Å². The Morgan fingerprint density at radius 2 is 1.76 bits per heavy atom. The average molecular weight is 293 g/mol. The van der Waals surface area contributed by atoms with Gasteiger partial charge in [0.1, 0.15) is 0 Å². The van der Waals surface area contributed by atoms with E-state index >= 15 is 0 Å². The van der Waals surface area contributed by atoms with Crippen LogP contribution in [0.3, 0.4) is 0 Å². The Labute approximate surface area is 131 Å². The second-order valence-electron chi connectivity index (χ2n) is 8.55. The van der Waals surface area contributed by atoms with Crippen molar-refractivity contribution in [3.8, 4) is 0 Å². The van der Waals surface area contributed by atoms with Gasteiger partial charge in [0, 0.05) is 19.1 Å². The summed E-state index contributed by atoms with van der Waals surface area (Å²) < 4.78 is 0. The Balaban J connectivity index is 1.45. The maximum absolute atomic E-state index is 6.43. The molecule has 6 atom stereocenters. The first-order valence-corrected chi connectivity index (χ1v) is 9.59. The summed E-state index contributed by atoms with van der Waals surface area (Å²) in [6.45, 7) is 4.91. The topological polar surface area (TPSA) is 29.3 Å². The first kappa shape index (κ1) is 15.8. The summed E-state index contributed by atoms with van der Waals surface area (Å²) in [7, 11) is 2.35. The number of hydrogen-bond acceptors (Lipinski definition) is 2. The number of fused-ring (bicyclic) bond motifs is 2. The Hall–Kier alpha value is -0.0800. The summed E-state index contributed by atoms with van der Waals surface area (Å²) in [5.74, 6) is 4.85. The number of nitrogens with zero attached hydrogens (tertiary/aromatic N) is 1. The highest BCUT2D eigenvalue weighted by atomic mass is 15.1. The minimum Gasteiger partial charge on any atom is -0.327 e. The summed E-state index contributed by atoms with van der Waals surface area (Å²) in [5.41, 5.74) is 6.43. The molecule has 0 spiro atoms. The van der Waals surface area contributed by atoms with Crippen LogP contribution < -0.4 is 5.73 Å². The molecule has 3 aliphatic carbocycles. The van der Waals surface area contributed by atoms with E-state index in [-0.39, 0.29) is 0 Å². The monoisotopic (exact) mass is 292 g/mol. The average Bonchev–Trinajstić information content (AvgIpc) is 3.05. The van der Waals surface area contributed by atoms with Gasteiger partial charge in [-0.05, 0) is 75.2 Å². The number of rotatable bonds is 6. The van der Waals surface area contributed by atoms with Crippen LogP contribution >= 0.6 is 0 Å². The van der Waals surface area contributed by atoms with Crippen LogP contribution in [0.15, 0.2) is 0 Å². The second kappa shape index (κ2) is 7.00. The standard InChI is InChI=1S/C19H36N2/c1-3-4-14-6-8-19(20)18(9-14)13-21(2)12-17-11-15-5-7-16(17)10-15/h14-19H,3-13,20H2,1-2H3. The van der Waals surface area contributed by atoms with Crippen LogP contribution in [0.2, 0.25) is 0 Å². The van der Waals surface area contributed by atoms with E-state index in [2.05, 4.69) is 18.9 Å². The Morgan fingerprint density at radius 1 is 0.952 bits per heavy atom. The van der Waals surface area contributed by atoms with Crippen LogP contribution in [0.1, 0.15) is 64.7 Å². The van der Waals surface area contributed by atoms with Crippen molar-refractivity contribution in [3.63, 3.8) is 0 Å². The maximum atomic E-state index is 6.43. The quantitative estimate of drug-likeness (QED) is 0.804. The number of hydrogen-bond donors (Lipinski definition) is 1.